The fourth-order valence-corrected chi connectivity index (χ4v) is 3.61. The zero-order valence-corrected chi connectivity index (χ0v) is 14.0. The first-order chi connectivity index (χ1) is 11.2. The Hall–Kier alpha value is -1.82. The van der Waals surface area contributed by atoms with E-state index in [9.17, 15) is 4.79 Å². The molecule has 2 aliphatic rings. The van der Waals surface area contributed by atoms with E-state index >= 15 is 0 Å². The Morgan fingerprint density at radius 2 is 1.83 bits per heavy atom. The van der Waals surface area contributed by atoms with Gasteiger partial charge in [-0.15, -0.1) is 0 Å². The molecule has 0 atom stereocenters. The lowest BCUT2D eigenvalue weighted by molar-refractivity contribution is 0.0596. The zero-order chi connectivity index (χ0) is 16.2. The molecule has 2 fully saturated rings. The van der Waals surface area contributed by atoms with Gasteiger partial charge in [-0.25, -0.2) is 4.79 Å². The average Bonchev–Trinajstić information content (AvgIpc) is 3.15. The minimum Gasteiger partial charge on any atom is -0.480 e. The number of nitrogens with zero attached hydrogens (tertiary/aromatic N) is 3. The molecule has 1 saturated carbocycles. The molecule has 1 saturated heterocycles. The Labute approximate surface area is 137 Å². The Morgan fingerprint density at radius 1 is 1.13 bits per heavy atom. The topological polar surface area (TPSA) is 54.9 Å². The molecule has 1 aliphatic carbocycles. The Kier molecular flexibility index (Phi) is 5.00. The first kappa shape index (κ1) is 16.1. The van der Waals surface area contributed by atoms with Crippen molar-refractivity contribution < 1.29 is 14.3 Å². The number of carbonyl (C=O) groups excluding carboxylic acids is 1. The summed E-state index contributed by atoms with van der Waals surface area (Å²) in [6, 6.07) is 4.39. The van der Waals surface area contributed by atoms with Gasteiger partial charge in [-0.05, 0) is 25.0 Å². The summed E-state index contributed by atoms with van der Waals surface area (Å²) in [6.07, 6.45) is 5.44. The third-order valence-electron chi connectivity index (χ3n) is 4.92. The van der Waals surface area contributed by atoms with Crippen LogP contribution in [0.2, 0.25) is 0 Å². The van der Waals surface area contributed by atoms with Gasteiger partial charge in [0.25, 0.3) is 0 Å². The fraction of sp³-hybridized carbons (Fsp3) is 0.647. The third-order valence-corrected chi connectivity index (χ3v) is 4.92. The van der Waals surface area contributed by atoms with Crippen molar-refractivity contribution in [1.29, 1.82) is 0 Å². The first-order valence-corrected chi connectivity index (χ1v) is 8.35. The second-order valence-corrected chi connectivity index (χ2v) is 6.18. The number of carbonyl (C=O) groups is 1. The van der Waals surface area contributed by atoms with Crippen LogP contribution in [0.25, 0.3) is 0 Å². The minimum absolute atomic E-state index is 0.326. The lowest BCUT2D eigenvalue weighted by Gasteiger charge is -2.38. The van der Waals surface area contributed by atoms with Gasteiger partial charge in [0.2, 0.25) is 5.88 Å². The lowest BCUT2D eigenvalue weighted by Crippen LogP contribution is -2.50. The standard InChI is InChI=1S/C17H25N3O3/c1-22-16-14(17(21)23-2)7-8-15(18-16)20-11-9-19(10-12-20)13-5-3-4-6-13/h7-8,13H,3-6,9-12H2,1-2H3. The van der Waals surface area contributed by atoms with Crippen LogP contribution < -0.4 is 9.64 Å². The largest absolute Gasteiger partial charge is 0.480 e. The van der Waals surface area contributed by atoms with E-state index < -0.39 is 5.97 Å². The molecule has 6 nitrogen and oxygen atoms in total. The molecule has 2 heterocycles. The summed E-state index contributed by atoms with van der Waals surface area (Å²) < 4.78 is 10.0. The summed E-state index contributed by atoms with van der Waals surface area (Å²) in [5.74, 6) is 0.764. The van der Waals surface area contributed by atoms with E-state index in [1.54, 1.807) is 6.07 Å². The molecular weight excluding hydrogens is 294 g/mol. The number of aromatic nitrogens is 1. The molecule has 0 unspecified atom stereocenters. The van der Waals surface area contributed by atoms with Crippen molar-refractivity contribution in [3.63, 3.8) is 0 Å². The van der Waals surface area contributed by atoms with Crippen LogP contribution >= 0.6 is 0 Å². The molecule has 0 N–H and O–H groups in total. The number of rotatable bonds is 4. The highest BCUT2D eigenvalue weighted by atomic mass is 16.5. The van der Waals surface area contributed by atoms with E-state index in [0.29, 0.717) is 11.4 Å². The van der Waals surface area contributed by atoms with E-state index in [2.05, 4.69) is 14.8 Å². The van der Waals surface area contributed by atoms with Gasteiger partial charge < -0.3 is 14.4 Å². The van der Waals surface area contributed by atoms with Gasteiger partial charge in [-0.2, -0.15) is 4.98 Å². The Bertz CT molecular complexity index is 550. The van der Waals surface area contributed by atoms with E-state index in [4.69, 9.17) is 9.47 Å². The van der Waals surface area contributed by atoms with Crippen LogP contribution in [0.5, 0.6) is 5.88 Å². The molecule has 1 aromatic heterocycles. The van der Waals surface area contributed by atoms with Crippen molar-refractivity contribution in [2.24, 2.45) is 0 Å². The SMILES string of the molecule is COC(=O)c1ccc(N2CCN(C3CCCC3)CC2)nc1OC. The Balaban J connectivity index is 1.67. The number of methoxy groups -OCH3 is 2. The van der Waals surface area contributed by atoms with E-state index in [0.717, 1.165) is 38.0 Å². The fourth-order valence-electron chi connectivity index (χ4n) is 3.61. The molecule has 1 aromatic rings. The number of pyridine rings is 1. The maximum absolute atomic E-state index is 11.7. The van der Waals surface area contributed by atoms with Crippen LogP contribution in [0.1, 0.15) is 36.0 Å². The van der Waals surface area contributed by atoms with Crippen LogP contribution in [-0.4, -0.2) is 62.3 Å². The second kappa shape index (κ2) is 7.17. The molecule has 6 heteroatoms. The number of piperazine rings is 1. The summed E-state index contributed by atoms with van der Waals surface area (Å²) in [5.41, 5.74) is 0.364. The maximum atomic E-state index is 11.7. The van der Waals surface area contributed by atoms with Crippen LogP contribution in [0.3, 0.4) is 0 Å². The number of esters is 1. The molecule has 126 valence electrons. The van der Waals surface area contributed by atoms with E-state index in [1.807, 2.05) is 6.07 Å². The number of ether oxygens (including phenoxy) is 2. The number of hydrogen-bond acceptors (Lipinski definition) is 6. The quantitative estimate of drug-likeness (QED) is 0.791. The Morgan fingerprint density at radius 3 is 2.43 bits per heavy atom. The summed E-state index contributed by atoms with van der Waals surface area (Å²) in [6.45, 7) is 4.08. The molecular formula is C17H25N3O3. The molecule has 1 aliphatic heterocycles. The van der Waals surface area contributed by atoms with Crippen LogP contribution in [-0.2, 0) is 4.74 Å². The van der Waals surface area contributed by atoms with E-state index in [1.165, 1.54) is 39.9 Å². The van der Waals surface area contributed by atoms with Gasteiger partial charge >= 0.3 is 5.97 Å². The van der Waals surface area contributed by atoms with Gasteiger partial charge in [0.05, 0.1) is 14.2 Å². The van der Waals surface area contributed by atoms with Crippen molar-refractivity contribution in [2.75, 3.05) is 45.3 Å². The number of anilines is 1. The van der Waals surface area contributed by atoms with Crippen molar-refractivity contribution in [3.8, 4) is 5.88 Å². The van der Waals surface area contributed by atoms with Gasteiger partial charge in [0.1, 0.15) is 11.4 Å². The van der Waals surface area contributed by atoms with Crippen molar-refractivity contribution >= 4 is 11.8 Å². The molecule has 0 bridgehead atoms. The van der Waals surface area contributed by atoms with Crippen molar-refractivity contribution in [1.82, 2.24) is 9.88 Å². The maximum Gasteiger partial charge on any atom is 0.343 e. The van der Waals surface area contributed by atoms with Crippen molar-refractivity contribution in [3.05, 3.63) is 17.7 Å². The second-order valence-electron chi connectivity index (χ2n) is 6.18. The summed E-state index contributed by atoms with van der Waals surface area (Å²) in [4.78, 5) is 21.1. The third kappa shape index (κ3) is 3.42. The van der Waals surface area contributed by atoms with Crippen LogP contribution in [0.4, 0.5) is 5.82 Å². The van der Waals surface area contributed by atoms with Crippen molar-refractivity contribution in [2.45, 2.75) is 31.7 Å². The lowest BCUT2D eigenvalue weighted by atomic mass is 10.2. The summed E-state index contributed by atoms with van der Waals surface area (Å²) in [7, 11) is 2.88. The zero-order valence-electron chi connectivity index (χ0n) is 14.0. The molecule has 23 heavy (non-hydrogen) atoms. The molecule has 0 amide bonds. The van der Waals surface area contributed by atoms with Gasteiger partial charge in [-0.1, -0.05) is 12.8 Å². The van der Waals surface area contributed by atoms with Gasteiger partial charge in [-0.3, -0.25) is 4.90 Å². The smallest absolute Gasteiger partial charge is 0.343 e. The molecule has 0 aromatic carbocycles. The average molecular weight is 319 g/mol. The summed E-state index contributed by atoms with van der Waals surface area (Å²) >= 11 is 0. The highest BCUT2D eigenvalue weighted by Crippen LogP contribution is 2.26. The minimum atomic E-state index is -0.424. The molecule has 0 spiro atoms. The van der Waals surface area contributed by atoms with E-state index in [-0.39, 0.29) is 0 Å². The highest BCUT2D eigenvalue weighted by Gasteiger charge is 2.27. The van der Waals surface area contributed by atoms with Crippen LogP contribution in [0, 0.1) is 0 Å². The molecule has 3 rings (SSSR count). The van der Waals surface area contributed by atoms with Gasteiger partial charge in [0.15, 0.2) is 0 Å². The monoisotopic (exact) mass is 319 g/mol. The predicted octanol–water partition coefficient (Wildman–Crippen LogP) is 1.94. The van der Waals surface area contributed by atoms with Gasteiger partial charge in [0, 0.05) is 32.2 Å². The predicted molar refractivity (Wildman–Crippen MR) is 88.2 cm³/mol. The normalized spacial score (nSPS) is 19.8. The van der Waals surface area contributed by atoms with Crippen LogP contribution in [0.15, 0.2) is 12.1 Å². The number of hydrogen-bond donors (Lipinski definition) is 0. The first-order valence-electron chi connectivity index (χ1n) is 8.35. The molecule has 0 radical (unpaired) electrons. The highest BCUT2D eigenvalue weighted by molar-refractivity contribution is 5.92. The summed E-state index contributed by atoms with van der Waals surface area (Å²) in [5, 5.41) is 0.